The molecule has 1 aromatic heterocycles. The molecule has 0 aliphatic rings. The van der Waals surface area contributed by atoms with Gasteiger partial charge in [0.15, 0.2) is 5.15 Å². The third-order valence-electron chi connectivity index (χ3n) is 3.00. The van der Waals surface area contributed by atoms with Crippen LogP contribution in [-0.4, -0.2) is 16.3 Å². The first-order chi connectivity index (χ1) is 7.63. The third kappa shape index (κ3) is 1.93. The van der Waals surface area contributed by atoms with Crippen molar-refractivity contribution in [3.05, 3.63) is 28.9 Å². The first kappa shape index (κ1) is 11.4. The van der Waals surface area contributed by atoms with Gasteiger partial charge in [0.25, 0.3) is 0 Å². The van der Waals surface area contributed by atoms with Crippen molar-refractivity contribution in [2.24, 2.45) is 12.8 Å². The van der Waals surface area contributed by atoms with Crippen molar-refractivity contribution >= 4 is 22.5 Å². The Morgan fingerprint density at radius 2 is 2.25 bits per heavy atom. The van der Waals surface area contributed by atoms with Crippen molar-refractivity contribution in [1.29, 1.82) is 0 Å². The van der Waals surface area contributed by atoms with E-state index in [4.69, 9.17) is 17.3 Å². The quantitative estimate of drug-likeness (QED) is 0.892. The van der Waals surface area contributed by atoms with Crippen LogP contribution in [0.25, 0.3) is 10.9 Å². The van der Waals surface area contributed by atoms with E-state index in [1.54, 1.807) is 0 Å². The predicted molar refractivity (Wildman–Crippen MR) is 67.8 cm³/mol. The smallest absolute Gasteiger partial charge is 0.158 e. The zero-order chi connectivity index (χ0) is 11.7. The van der Waals surface area contributed by atoms with Gasteiger partial charge >= 0.3 is 0 Å². The number of fused-ring (bicyclic) bond motifs is 1. The molecule has 1 heterocycles. The normalized spacial score (nSPS) is 13.2. The number of hydrogen-bond acceptors (Lipinski definition) is 2. The van der Waals surface area contributed by atoms with Crippen LogP contribution in [0.1, 0.15) is 24.8 Å². The zero-order valence-corrected chi connectivity index (χ0v) is 10.3. The minimum Gasteiger partial charge on any atom is -0.330 e. The molecule has 1 unspecified atom stereocenters. The van der Waals surface area contributed by atoms with E-state index >= 15 is 0 Å². The van der Waals surface area contributed by atoms with Crippen LogP contribution < -0.4 is 5.73 Å². The second-order valence-corrected chi connectivity index (χ2v) is 4.53. The Labute approximate surface area is 100 Å². The van der Waals surface area contributed by atoms with Crippen molar-refractivity contribution in [3.63, 3.8) is 0 Å². The molecule has 0 fully saturated rings. The monoisotopic (exact) mass is 237 g/mol. The van der Waals surface area contributed by atoms with Crippen molar-refractivity contribution in [1.82, 2.24) is 9.78 Å². The standard InChI is InChI=1S/C12H16ClN3/c1-8(5-6-14)9-3-4-10-11(7-9)16(2)15-12(10)13/h3-4,7-8H,5-6,14H2,1-2H3. The highest BCUT2D eigenvalue weighted by Crippen LogP contribution is 2.27. The molecule has 1 aromatic carbocycles. The molecule has 2 aromatic rings. The highest BCUT2D eigenvalue weighted by molar-refractivity contribution is 6.34. The van der Waals surface area contributed by atoms with Gasteiger partial charge in [0.2, 0.25) is 0 Å². The number of halogens is 1. The summed E-state index contributed by atoms with van der Waals surface area (Å²) in [5.74, 6) is 0.475. The maximum absolute atomic E-state index is 6.02. The molecule has 3 nitrogen and oxygen atoms in total. The van der Waals surface area contributed by atoms with Gasteiger partial charge in [0.05, 0.1) is 5.52 Å². The van der Waals surface area contributed by atoms with Crippen molar-refractivity contribution in [2.45, 2.75) is 19.3 Å². The molecule has 0 radical (unpaired) electrons. The van der Waals surface area contributed by atoms with E-state index in [-0.39, 0.29) is 0 Å². The predicted octanol–water partition coefficient (Wildman–Crippen LogP) is 2.68. The minimum absolute atomic E-state index is 0.475. The van der Waals surface area contributed by atoms with Crippen LogP contribution in [0.3, 0.4) is 0 Å². The maximum Gasteiger partial charge on any atom is 0.158 e. The lowest BCUT2D eigenvalue weighted by Crippen LogP contribution is -2.04. The fraction of sp³-hybridized carbons (Fsp3) is 0.417. The number of nitrogens with two attached hydrogens (primary N) is 1. The molecule has 16 heavy (non-hydrogen) atoms. The first-order valence-corrected chi connectivity index (χ1v) is 5.83. The van der Waals surface area contributed by atoms with Crippen molar-refractivity contribution in [3.8, 4) is 0 Å². The fourth-order valence-electron chi connectivity index (χ4n) is 1.95. The molecule has 0 aliphatic carbocycles. The molecule has 86 valence electrons. The summed E-state index contributed by atoms with van der Waals surface area (Å²) in [5, 5.41) is 5.77. The van der Waals surface area contributed by atoms with E-state index in [1.165, 1.54) is 5.56 Å². The SMILES string of the molecule is CC(CCN)c1ccc2c(Cl)nn(C)c2c1. The molecule has 1 atom stereocenters. The Bertz CT molecular complexity index is 504. The van der Waals surface area contributed by atoms with Gasteiger partial charge in [0, 0.05) is 12.4 Å². The van der Waals surface area contributed by atoms with Crippen molar-refractivity contribution < 1.29 is 0 Å². The van der Waals surface area contributed by atoms with Crippen LogP contribution in [0.15, 0.2) is 18.2 Å². The Morgan fingerprint density at radius 1 is 1.50 bits per heavy atom. The lowest BCUT2D eigenvalue weighted by Gasteiger charge is -2.10. The molecule has 0 saturated heterocycles. The van der Waals surface area contributed by atoms with Crippen LogP contribution in [0.4, 0.5) is 0 Å². The summed E-state index contributed by atoms with van der Waals surface area (Å²) < 4.78 is 1.82. The second-order valence-electron chi connectivity index (χ2n) is 4.17. The maximum atomic E-state index is 6.02. The number of nitrogens with zero attached hydrogens (tertiary/aromatic N) is 2. The number of rotatable bonds is 3. The summed E-state index contributed by atoms with van der Waals surface area (Å²) in [7, 11) is 1.91. The third-order valence-corrected chi connectivity index (χ3v) is 3.28. The lowest BCUT2D eigenvalue weighted by atomic mass is 9.97. The molecule has 4 heteroatoms. The highest BCUT2D eigenvalue weighted by atomic mass is 35.5. The summed E-state index contributed by atoms with van der Waals surface area (Å²) in [6, 6.07) is 6.29. The van der Waals surface area contributed by atoms with E-state index in [1.807, 2.05) is 17.8 Å². The Kier molecular flexibility index (Phi) is 3.17. The van der Waals surface area contributed by atoms with Gasteiger partial charge in [-0.2, -0.15) is 5.10 Å². The molecule has 0 saturated carbocycles. The number of benzene rings is 1. The van der Waals surface area contributed by atoms with Gasteiger partial charge in [-0.1, -0.05) is 24.6 Å². The molecular weight excluding hydrogens is 222 g/mol. The van der Waals surface area contributed by atoms with E-state index in [0.717, 1.165) is 17.3 Å². The van der Waals surface area contributed by atoms with Gasteiger partial charge in [-0.3, -0.25) is 4.68 Å². The number of aryl methyl sites for hydroxylation is 1. The molecule has 0 bridgehead atoms. The highest BCUT2D eigenvalue weighted by Gasteiger charge is 2.10. The van der Waals surface area contributed by atoms with Gasteiger partial charge in [0.1, 0.15) is 0 Å². The van der Waals surface area contributed by atoms with Gasteiger partial charge in [-0.15, -0.1) is 0 Å². The van der Waals surface area contributed by atoms with Crippen LogP contribution in [0.5, 0.6) is 0 Å². The summed E-state index contributed by atoms with van der Waals surface area (Å²) >= 11 is 6.02. The summed E-state index contributed by atoms with van der Waals surface area (Å²) in [6.45, 7) is 2.90. The molecular formula is C12H16ClN3. The molecule has 2 rings (SSSR count). The largest absolute Gasteiger partial charge is 0.330 e. The Balaban J connectivity index is 2.47. The average molecular weight is 238 g/mol. The van der Waals surface area contributed by atoms with Gasteiger partial charge < -0.3 is 5.73 Å². The van der Waals surface area contributed by atoms with Crippen LogP contribution >= 0.6 is 11.6 Å². The summed E-state index contributed by atoms with van der Waals surface area (Å²) in [4.78, 5) is 0. The van der Waals surface area contributed by atoms with E-state index in [2.05, 4.69) is 24.2 Å². The van der Waals surface area contributed by atoms with Crippen molar-refractivity contribution in [2.75, 3.05) is 6.54 Å². The summed E-state index contributed by atoms with van der Waals surface area (Å²) in [6.07, 6.45) is 0.997. The molecule has 0 aliphatic heterocycles. The summed E-state index contributed by atoms with van der Waals surface area (Å²) in [5.41, 5.74) is 7.94. The number of aromatic nitrogens is 2. The number of hydrogen-bond donors (Lipinski definition) is 1. The van der Waals surface area contributed by atoms with Crippen LogP contribution in [0, 0.1) is 0 Å². The second kappa shape index (κ2) is 4.44. The van der Waals surface area contributed by atoms with Crippen LogP contribution in [-0.2, 0) is 7.05 Å². The van der Waals surface area contributed by atoms with Gasteiger partial charge in [-0.25, -0.2) is 0 Å². The van der Waals surface area contributed by atoms with E-state index in [9.17, 15) is 0 Å². The van der Waals surface area contributed by atoms with E-state index < -0.39 is 0 Å². The lowest BCUT2D eigenvalue weighted by molar-refractivity contribution is 0.690. The Hall–Kier alpha value is -1.06. The van der Waals surface area contributed by atoms with E-state index in [0.29, 0.717) is 17.6 Å². The fourth-order valence-corrected chi connectivity index (χ4v) is 2.23. The van der Waals surface area contributed by atoms with Crippen LogP contribution in [0.2, 0.25) is 5.15 Å². The van der Waals surface area contributed by atoms with Gasteiger partial charge in [-0.05, 0) is 36.6 Å². The Morgan fingerprint density at radius 3 is 2.94 bits per heavy atom. The molecule has 0 amide bonds. The first-order valence-electron chi connectivity index (χ1n) is 5.45. The molecule has 2 N–H and O–H groups in total. The minimum atomic E-state index is 0.475. The molecule has 0 spiro atoms. The topological polar surface area (TPSA) is 43.8 Å². The zero-order valence-electron chi connectivity index (χ0n) is 9.57. The average Bonchev–Trinajstić information content (AvgIpc) is 2.55.